The summed E-state index contributed by atoms with van der Waals surface area (Å²) >= 11 is 5.49. The van der Waals surface area contributed by atoms with Gasteiger partial charge in [-0.25, -0.2) is 9.18 Å². The van der Waals surface area contributed by atoms with Gasteiger partial charge in [0.05, 0.1) is 31.4 Å². The number of hydrogen-bond donors (Lipinski definition) is 18. The number of benzene rings is 4. The third-order valence-corrected chi connectivity index (χ3v) is 17.8. The first-order valence-corrected chi connectivity index (χ1v) is 34.6. The Kier molecular flexibility index (Phi) is 28.9. The minimum atomic E-state index is -2.22. The van der Waals surface area contributed by atoms with Crippen LogP contribution in [0.5, 0.6) is 23.0 Å². The molecule has 0 unspecified atom stereocenters. The Hall–Kier alpha value is -12.6. The number of ether oxygens (including phenoxy) is 2. The van der Waals surface area contributed by atoms with Crippen LogP contribution in [-0.2, 0) is 88.7 Å². The van der Waals surface area contributed by atoms with Crippen molar-refractivity contribution in [2.45, 2.75) is 158 Å². The molecular weight excluding hydrogens is 1460 g/mol. The maximum Gasteiger partial charge on any atom is 0.340 e. The molecule has 0 saturated carbocycles. The lowest BCUT2D eigenvalue weighted by molar-refractivity contribution is -0.143. The molecule has 0 aliphatic carbocycles. The monoisotopic (exact) mass is 1540 g/mol. The number of carbonyl (C=O) groups excluding carboxylic acids is 13. The first-order valence-electron chi connectivity index (χ1n) is 34.2. The van der Waals surface area contributed by atoms with Crippen molar-refractivity contribution >= 4 is 118 Å². The molecule has 9 atom stereocenters. The van der Waals surface area contributed by atoms with Crippen molar-refractivity contribution < 1.29 is 116 Å². The molecule has 12 amide bonds. The van der Waals surface area contributed by atoms with E-state index >= 15 is 0 Å². The summed E-state index contributed by atoms with van der Waals surface area (Å²) in [5.74, 6) is -19.7. The number of primary amides is 2. The molecule has 0 bridgehead atoms. The van der Waals surface area contributed by atoms with E-state index in [-0.39, 0.29) is 83.9 Å². The Balaban J connectivity index is 0.935. The number of carboxylic acid groups (broad SMARTS) is 3. The molecule has 20 N–H and O–H groups in total. The third-order valence-electron chi connectivity index (χ3n) is 17.6. The van der Waals surface area contributed by atoms with Crippen LogP contribution in [0.3, 0.4) is 0 Å². The van der Waals surface area contributed by atoms with E-state index in [0.29, 0.717) is 28.8 Å². The van der Waals surface area contributed by atoms with Crippen molar-refractivity contribution in [3.05, 3.63) is 112 Å². The molecule has 1 fully saturated rings. The lowest BCUT2D eigenvalue weighted by Crippen LogP contribution is -2.60. The van der Waals surface area contributed by atoms with Gasteiger partial charge in [0.1, 0.15) is 83.2 Å². The lowest BCUT2D eigenvalue weighted by Gasteiger charge is -2.36. The van der Waals surface area contributed by atoms with Gasteiger partial charge in [0, 0.05) is 67.4 Å². The zero-order chi connectivity index (χ0) is 80.3. The minimum Gasteiger partial charge on any atom is -0.508 e. The number of likely N-dealkylation sites (tertiary alicyclic amines) is 1. The fraction of sp³-hybridized carbons (Fsp3) is 0.414. The topological polar surface area (TPSA) is 580 Å². The number of thiocarbonyl (C=S) groups is 1. The summed E-state index contributed by atoms with van der Waals surface area (Å²) in [6.45, 7) is 5.14. The second-order valence-corrected chi connectivity index (χ2v) is 26.6. The number of hydrogen-bond acceptors (Lipinski definition) is 21. The molecular formula is C70H83FN14O23S. The summed E-state index contributed by atoms with van der Waals surface area (Å²) < 4.78 is 26.2. The van der Waals surface area contributed by atoms with Gasteiger partial charge in [0.2, 0.25) is 70.9 Å². The summed E-state index contributed by atoms with van der Waals surface area (Å²) in [5.41, 5.74) is 11.4. The van der Waals surface area contributed by atoms with Gasteiger partial charge in [-0.2, -0.15) is 0 Å². The molecule has 1 saturated heterocycles. The largest absolute Gasteiger partial charge is 0.508 e. The molecule has 4 aromatic rings. The number of rotatable bonds is 37. The minimum absolute atomic E-state index is 0.103. The predicted molar refractivity (Wildman–Crippen MR) is 380 cm³/mol. The number of anilines is 1. The van der Waals surface area contributed by atoms with Crippen LogP contribution in [0.25, 0.3) is 0 Å². The van der Waals surface area contributed by atoms with Crippen molar-refractivity contribution in [3.63, 3.8) is 0 Å². The Morgan fingerprint density at radius 1 is 0.615 bits per heavy atom. The number of aliphatic carboxylic acids is 3. The van der Waals surface area contributed by atoms with Crippen LogP contribution in [0, 0.1) is 11.7 Å². The van der Waals surface area contributed by atoms with Gasteiger partial charge in [0.25, 0.3) is 0 Å². The standard InChI is InChI=1S/C70H83FN14O23S/c1-32(2)58(77-34(4)86)67(105)85-23-7-9-50(85)66(104)75-31-54(90)79-45(20-21-53(72)89)61(99)82-46(24-35-10-12-36(71)13-11-35)63(101)84-49(30-57(95)96)65(103)83-47(28-55(91)92)62(100)76-33(3)60(98)81-48(29-56(93)94)64(102)80-44(59(73)97)8-5-6-22-74-69(109)78-37-14-17-41-40(25-37)68(106)108-70(41)42-18-15-38(87)26-51(42)107-52-27-39(88)16-19-43(52)70/h10-19,25-27,32-33,44-50,58,87-88H,5-9,20-24,28-31H2,1-4H3,(H2,72,89)(H2,73,97)(H,75,104)(H,76,100)(H,77,86)(H,79,90)(H,80,102)(H,81,98)(H,82,99)(H,83,103)(H,84,101)(H,91,92)(H,93,94)(H,95,96)(H2,74,78,109)/t33-,44-,45-,46-,47-,48-,49-,50-,58-/m0/s1. The number of aromatic hydroxyl groups is 2. The van der Waals surface area contributed by atoms with E-state index in [9.17, 15) is 107 Å². The average Bonchev–Trinajstić information content (AvgIpc) is 1.59. The van der Waals surface area contributed by atoms with Crippen molar-refractivity contribution in [3.8, 4) is 23.0 Å². The second kappa shape index (κ2) is 37.6. The smallest absolute Gasteiger partial charge is 0.340 e. The van der Waals surface area contributed by atoms with Gasteiger partial charge in [-0.05, 0) is 118 Å². The normalized spacial score (nSPS) is 15.7. The number of nitrogens with zero attached hydrogens (tertiary/aromatic N) is 1. The Morgan fingerprint density at radius 3 is 1.68 bits per heavy atom. The fourth-order valence-corrected chi connectivity index (χ4v) is 12.4. The number of phenolic OH excluding ortho intramolecular Hbond substituents is 2. The lowest BCUT2D eigenvalue weighted by atomic mass is 9.77. The number of unbranched alkanes of at least 4 members (excludes halogenated alkanes) is 1. The molecule has 3 heterocycles. The number of carboxylic acids is 3. The van der Waals surface area contributed by atoms with Crippen LogP contribution in [0.4, 0.5) is 10.1 Å². The van der Waals surface area contributed by atoms with E-state index in [1.807, 2.05) is 5.32 Å². The molecule has 0 aromatic heterocycles. The van der Waals surface area contributed by atoms with Crippen molar-refractivity contribution in [1.82, 2.24) is 58.1 Å². The van der Waals surface area contributed by atoms with Gasteiger partial charge in [-0.3, -0.25) is 71.9 Å². The van der Waals surface area contributed by atoms with Gasteiger partial charge in [-0.1, -0.05) is 32.0 Å². The number of carbonyl (C=O) groups is 16. The number of esters is 1. The quantitative estimate of drug-likeness (QED) is 0.0137. The van der Waals surface area contributed by atoms with E-state index in [1.165, 1.54) is 54.3 Å². The molecule has 584 valence electrons. The highest BCUT2D eigenvalue weighted by Gasteiger charge is 2.54. The molecule has 39 heteroatoms. The number of phenols is 2. The maximum absolute atomic E-state index is 14.3. The van der Waals surface area contributed by atoms with Crippen molar-refractivity contribution in [1.29, 1.82) is 0 Å². The van der Waals surface area contributed by atoms with Crippen LogP contribution in [0.1, 0.15) is 125 Å². The SMILES string of the molecule is CC(=O)N[C@H](C(=O)N1CCC[C@H]1C(=O)NCC(=O)N[C@@H](CCC(N)=O)C(=O)N[C@@H](Cc1ccc(F)cc1)C(=O)N[C@@H](CC(=O)O)C(=O)N[C@@H](CC(=O)O)C(=O)N[C@@H](C)C(=O)N[C@@H](CC(=O)O)C(=O)N[C@@H](CCCCNC(=S)Nc1ccc2c(c1)C(=O)OC21c2ccc(O)cc2Oc2cc(O)ccc21)C(N)=O)C(C)C. The van der Waals surface area contributed by atoms with Gasteiger partial charge < -0.3 is 110 Å². The van der Waals surface area contributed by atoms with E-state index in [2.05, 4.69) is 53.2 Å². The Bertz CT molecular complexity index is 4190. The highest BCUT2D eigenvalue weighted by atomic mass is 32.1. The molecule has 1 spiro atoms. The second-order valence-electron chi connectivity index (χ2n) is 26.2. The summed E-state index contributed by atoms with van der Waals surface area (Å²) in [6, 6.07) is 2.57. The van der Waals surface area contributed by atoms with Gasteiger partial charge in [-0.15, -0.1) is 0 Å². The Morgan fingerprint density at radius 2 is 1.14 bits per heavy atom. The highest BCUT2D eigenvalue weighted by molar-refractivity contribution is 7.80. The van der Waals surface area contributed by atoms with E-state index in [4.69, 9.17) is 33.2 Å². The number of nitrogens with two attached hydrogens (primary N) is 2. The highest BCUT2D eigenvalue weighted by Crippen LogP contribution is 2.57. The number of halogens is 1. The molecule has 3 aliphatic rings. The van der Waals surface area contributed by atoms with Gasteiger partial charge in [0.15, 0.2) is 10.7 Å². The molecule has 7 rings (SSSR count). The first kappa shape index (κ1) is 83.7. The first-order chi connectivity index (χ1) is 51.4. The van der Waals surface area contributed by atoms with Crippen molar-refractivity contribution in [2.24, 2.45) is 17.4 Å². The van der Waals surface area contributed by atoms with Crippen LogP contribution in [0.15, 0.2) is 78.9 Å². The molecule has 37 nitrogen and oxygen atoms in total. The summed E-state index contributed by atoms with van der Waals surface area (Å²) in [5, 5.41) is 76.2. The number of amides is 12. The van der Waals surface area contributed by atoms with Crippen LogP contribution in [-0.4, -0.2) is 204 Å². The third kappa shape index (κ3) is 22.7. The number of nitrogens with one attached hydrogen (secondary N) is 11. The van der Waals surface area contributed by atoms with Crippen LogP contribution >= 0.6 is 12.2 Å². The van der Waals surface area contributed by atoms with Crippen molar-refractivity contribution in [2.75, 3.05) is 25.0 Å². The van der Waals surface area contributed by atoms with E-state index < -0.39 is 206 Å². The molecule has 109 heavy (non-hydrogen) atoms. The van der Waals surface area contributed by atoms with E-state index in [1.54, 1.807) is 38.1 Å². The molecule has 0 radical (unpaired) electrons. The van der Waals surface area contributed by atoms with E-state index in [0.717, 1.165) is 19.1 Å². The van der Waals surface area contributed by atoms with Gasteiger partial charge >= 0.3 is 23.9 Å². The summed E-state index contributed by atoms with van der Waals surface area (Å²) in [7, 11) is 0. The summed E-state index contributed by atoms with van der Waals surface area (Å²) in [6.07, 6.45) is -4.37. The summed E-state index contributed by atoms with van der Waals surface area (Å²) in [4.78, 5) is 211. The van der Waals surface area contributed by atoms with Crippen LogP contribution < -0.4 is 74.7 Å². The fourth-order valence-electron chi connectivity index (χ4n) is 12.2. The maximum atomic E-state index is 14.3. The number of fused-ring (bicyclic) bond motifs is 6. The molecule has 4 aromatic carbocycles. The zero-order valence-electron chi connectivity index (χ0n) is 59.2. The molecule has 3 aliphatic heterocycles. The zero-order valence-corrected chi connectivity index (χ0v) is 60.0. The Labute approximate surface area is 625 Å². The predicted octanol–water partition coefficient (Wildman–Crippen LogP) is -1.64. The average molecular weight is 1540 g/mol. The van der Waals surface area contributed by atoms with Crippen LogP contribution in [0.2, 0.25) is 0 Å².